The molecule has 0 radical (unpaired) electrons. The summed E-state index contributed by atoms with van der Waals surface area (Å²) in [5.41, 5.74) is 0.996. The van der Waals surface area contributed by atoms with E-state index in [9.17, 15) is 0 Å². The van der Waals surface area contributed by atoms with E-state index in [4.69, 9.17) is 22.8 Å². The van der Waals surface area contributed by atoms with Crippen molar-refractivity contribution in [3.05, 3.63) is 23.8 Å². The minimum absolute atomic E-state index is 0.711. The fourth-order valence-electron chi connectivity index (χ4n) is 3.77. The molecule has 4 rings (SSSR count). The molecular weight excluding hydrogens is 428 g/mol. The average Bonchev–Trinajstić information content (AvgIpc) is 2.77. The lowest BCUT2D eigenvalue weighted by atomic mass is 10.2. The number of fused-ring (bicyclic) bond motifs is 6. The summed E-state index contributed by atoms with van der Waals surface area (Å²) >= 11 is 0. The van der Waals surface area contributed by atoms with Crippen molar-refractivity contribution in [1.29, 1.82) is 0 Å². The first-order chi connectivity index (χ1) is 15.7. The number of rotatable bonds is 13. The molecule has 0 saturated carbocycles. The zero-order chi connectivity index (χ0) is 22.5. The summed E-state index contributed by atoms with van der Waals surface area (Å²) in [6, 6.07) is 6.66. The standard InChI is InChI=1S/C22H38N4O5Si/c1-27-21-5-4-20(18-22(21)28-2)19-25-10-9-24-8-7-23-6-3-17-32-29-14-11-26(12-15-30-32)13-16-31-32/h4-5,18-19,23-24H,3,6-17H2,1-2H3. The highest BCUT2D eigenvalue weighted by Gasteiger charge is 2.43. The summed E-state index contributed by atoms with van der Waals surface area (Å²) in [4.78, 5) is 6.81. The van der Waals surface area contributed by atoms with Gasteiger partial charge in [-0.05, 0) is 36.7 Å². The second-order valence-electron chi connectivity index (χ2n) is 7.82. The van der Waals surface area contributed by atoms with Gasteiger partial charge in [-0.2, -0.15) is 0 Å². The zero-order valence-electron chi connectivity index (χ0n) is 19.4. The van der Waals surface area contributed by atoms with Crippen molar-refractivity contribution in [1.82, 2.24) is 15.5 Å². The Kier molecular flexibility index (Phi) is 10.9. The number of nitrogens with zero attached hydrogens (tertiary/aromatic N) is 2. The molecule has 1 aromatic rings. The largest absolute Gasteiger partial charge is 0.501 e. The molecule has 2 N–H and O–H groups in total. The number of nitrogens with one attached hydrogen (secondary N) is 2. The van der Waals surface area contributed by atoms with Gasteiger partial charge in [0.05, 0.1) is 40.6 Å². The van der Waals surface area contributed by atoms with Crippen LogP contribution in [0, 0.1) is 0 Å². The first-order valence-electron chi connectivity index (χ1n) is 11.5. The van der Waals surface area contributed by atoms with Gasteiger partial charge in [-0.3, -0.25) is 9.89 Å². The van der Waals surface area contributed by atoms with Crippen LogP contribution in [0.1, 0.15) is 12.0 Å². The van der Waals surface area contributed by atoms with Crippen LogP contribution < -0.4 is 20.1 Å². The van der Waals surface area contributed by atoms with Gasteiger partial charge >= 0.3 is 8.80 Å². The fourth-order valence-corrected chi connectivity index (χ4v) is 6.27. The normalized spacial score (nSPS) is 23.6. The van der Waals surface area contributed by atoms with Gasteiger partial charge in [-0.25, -0.2) is 0 Å². The molecule has 32 heavy (non-hydrogen) atoms. The number of benzene rings is 1. The van der Waals surface area contributed by atoms with Crippen molar-refractivity contribution in [2.45, 2.75) is 12.5 Å². The second-order valence-corrected chi connectivity index (χ2v) is 10.6. The SMILES string of the molecule is COc1ccc(C=NCCNCCNCCC[Si]23OCCN(CCO2)CCO3)cc1OC. The molecule has 3 aliphatic rings. The summed E-state index contributed by atoms with van der Waals surface area (Å²) in [7, 11) is 0.796. The summed E-state index contributed by atoms with van der Waals surface area (Å²) in [5.74, 6) is 1.43. The van der Waals surface area contributed by atoms with Crippen molar-refractivity contribution in [2.24, 2.45) is 4.99 Å². The van der Waals surface area contributed by atoms with E-state index < -0.39 is 8.80 Å². The maximum absolute atomic E-state index is 6.07. The summed E-state index contributed by atoms with van der Waals surface area (Å²) in [5, 5.41) is 6.89. The van der Waals surface area contributed by atoms with Crippen molar-refractivity contribution >= 4 is 15.0 Å². The molecule has 2 bridgehead atoms. The Balaban J connectivity index is 1.22. The minimum atomic E-state index is -2.47. The molecule has 1 aromatic carbocycles. The summed E-state index contributed by atoms with van der Waals surface area (Å²) in [6.07, 6.45) is 2.87. The van der Waals surface area contributed by atoms with Gasteiger partial charge in [0.15, 0.2) is 11.5 Å². The van der Waals surface area contributed by atoms with Crippen molar-refractivity contribution < 1.29 is 22.8 Å². The van der Waals surface area contributed by atoms with Crippen LogP contribution in [0.2, 0.25) is 6.04 Å². The predicted molar refractivity (Wildman–Crippen MR) is 127 cm³/mol. The second kappa shape index (κ2) is 13.9. The summed E-state index contributed by atoms with van der Waals surface area (Å²) in [6.45, 7) is 9.47. The van der Waals surface area contributed by atoms with Gasteiger partial charge in [0.1, 0.15) is 0 Å². The molecule has 0 unspecified atom stereocenters. The first-order valence-corrected chi connectivity index (χ1v) is 13.5. The molecule has 3 saturated heterocycles. The molecule has 3 aliphatic heterocycles. The third-order valence-electron chi connectivity index (χ3n) is 5.57. The zero-order valence-corrected chi connectivity index (χ0v) is 20.4. The fraction of sp³-hybridized carbons (Fsp3) is 0.682. The van der Waals surface area contributed by atoms with E-state index in [0.29, 0.717) is 5.75 Å². The average molecular weight is 467 g/mol. The molecule has 10 heteroatoms. The molecule has 9 nitrogen and oxygen atoms in total. The highest BCUT2D eigenvalue weighted by molar-refractivity contribution is 6.60. The van der Waals surface area contributed by atoms with Crippen LogP contribution in [-0.2, 0) is 13.3 Å². The van der Waals surface area contributed by atoms with Gasteiger partial charge in [0.25, 0.3) is 0 Å². The Bertz CT molecular complexity index is 682. The molecule has 0 aliphatic carbocycles. The highest BCUT2D eigenvalue weighted by Crippen LogP contribution is 2.26. The molecule has 0 spiro atoms. The number of ether oxygens (including phenoxy) is 2. The van der Waals surface area contributed by atoms with Crippen LogP contribution in [0.5, 0.6) is 11.5 Å². The van der Waals surface area contributed by atoms with E-state index in [-0.39, 0.29) is 0 Å². The van der Waals surface area contributed by atoms with Crippen molar-refractivity contribution in [3.63, 3.8) is 0 Å². The van der Waals surface area contributed by atoms with Crippen LogP contribution in [0.15, 0.2) is 23.2 Å². The molecular formula is C22H38N4O5Si. The van der Waals surface area contributed by atoms with Crippen LogP contribution in [0.25, 0.3) is 0 Å². The molecule has 0 aromatic heterocycles. The van der Waals surface area contributed by atoms with E-state index in [2.05, 4.69) is 20.5 Å². The van der Waals surface area contributed by atoms with Gasteiger partial charge in [0, 0.05) is 51.5 Å². The van der Waals surface area contributed by atoms with Gasteiger partial charge in [-0.15, -0.1) is 0 Å². The molecule has 0 amide bonds. The lowest BCUT2D eigenvalue weighted by molar-refractivity contribution is -0.00849. The Morgan fingerprint density at radius 2 is 1.59 bits per heavy atom. The monoisotopic (exact) mass is 466 g/mol. The Hall–Kier alpha value is -1.53. The molecule has 3 heterocycles. The quantitative estimate of drug-likeness (QED) is 0.253. The topological polar surface area (TPSA) is 85.8 Å². The maximum atomic E-state index is 6.07. The number of hydrogen-bond donors (Lipinski definition) is 2. The van der Waals surface area contributed by atoms with E-state index in [1.165, 1.54) is 0 Å². The lowest BCUT2D eigenvalue weighted by Crippen LogP contribution is -2.55. The summed E-state index contributed by atoms with van der Waals surface area (Å²) < 4.78 is 28.8. The molecule has 180 valence electrons. The van der Waals surface area contributed by atoms with E-state index in [1.807, 2.05) is 24.4 Å². The maximum Gasteiger partial charge on any atom is 0.501 e. The van der Waals surface area contributed by atoms with Crippen LogP contribution >= 0.6 is 0 Å². The third-order valence-corrected chi connectivity index (χ3v) is 8.47. The van der Waals surface area contributed by atoms with Crippen molar-refractivity contribution in [2.75, 3.05) is 86.4 Å². The number of aliphatic imine (C=N–C) groups is 1. The minimum Gasteiger partial charge on any atom is -0.493 e. The first kappa shape index (κ1) is 25.1. The number of hydrogen-bond acceptors (Lipinski definition) is 9. The van der Waals surface area contributed by atoms with Crippen LogP contribution in [-0.4, -0.2) is 106 Å². The van der Waals surface area contributed by atoms with Crippen LogP contribution in [0.3, 0.4) is 0 Å². The molecule has 0 atom stereocenters. The van der Waals surface area contributed by atoms with E-state index in [0.717, 1.165) is 96.0 Å². The van der Waals surface area contributed by atoms with Gasteiger partial charge < -0.3 is 33.4 Å². The number of methoxy groups -OCH3 is 2. The van der Waals surface area contributed by atoms with Crippen molar-refractivity contribution in [3.8, 4) is 11.5 Å². The lowest BCUT2D eigenvalue weighted by Gasteiger charge is -2.38. The smallest absolute Gasteiger partial charge is 0.493 e. The van der Waals surface area contributed by atoms with Gasteiger partial charge in [0.2, 0.25) is 0 Å². The van der Waals surface area contributed by atoms with E-state index >= 15 is 0 Å². The van der Waals surface area contributed by atoms with Gasteiger partial charge in [-0.1, -0.05) is 0 Å². The Morgan fingerprint density at radius 3 is 2.25 bits per heavy atom. The predicted octanol–water partition coefficient (Wildman–Crippen LogP) is 1.01. The molecule has 3 fully saturated rings. The van der Waals surface area contributed by atoms with E-state index in [1.54, 1.807) is 14.2 Å². The third kappa shape index (κ3) is 8.11. The Morgan fingerprint density at radius 1 is 0.938 bits per heavy atom. The Labute approximate surface area is 192 Å². The van der Waals surface area contributed by atoms with Crippen LogP contribution in [0.4, 0.5) is 0 Å². The highest BCUT2D eigenvalue weighted by atomic mass is 28.4.